The van der Waals surface area contributed by atoms with Crippen molar-refractivity contribution in [2.24, 2.45) is 5.92 Å². The number of Topliss-reactive ketones (excluding diaryl/α,β-unsaturated/α-hetero) is 1. The summed E-state index contributed by atoms with van der Waals surface area (Å²) in [6.45, 7) is 10.0. The Balaban J connectivity index is 1.32. The lowest BCUT2D eigenvalue weighted by atomic mass is 9.76. The van der Waals surface area contributed by atoms with Gasteiger partial charge in [-0.05, 0) is 74.7 Å². The smallest absolute Gasteiger partial charge is 0.317 e. The van der Waals surface area contributed by atoms with Crippen LogP contribution in [0.15, 0.2) is 91.0 Å². The average Bonchev–Trinajstić information content (AvgIpc) is 3.47. The first-order valence-electron chi connectivity index (χ1n) is 15.6. The van der Waals surface area contributed by atoms with Crippen LogP contribution in [0.3, 0.4) is 0 Å². The number of piperidine rings is 1. The normalized spacial score (nSPS) is 14.7. The number of carbonyl (C=O) groups is 2. The predicted molar refractivity (Wildman–Crippen MR) is 180 cm³/mol. The maximum absolute atomic E-state index is 14.3. The molecule has 1 fully saturated rings. The number of hydrogen-bond donors (Lipinski definition) is 3. The Morgan fingerprint density at radius 1 is 0.889 bits per heavy atom. The molecule has 8 heteroatoms. The van der Waals surface area contributed by atoms with Crippen LogP contribution >= 0.6 is 0 Å². The number of pyridine rings is 1. The van der Waals surface area contributed by atoms with Crippen LogP contribution in [-0.4, -0.2) is 39.7 Å². The zero-order chi connectivity index (χ0) is 31.6. The molecule has 3 N–H and O–H groups in total. The Labute approximate surface area is 264 Å². The molecule has 5 aromatic rings. The van der Waals surface area contributed by atoms with Crippen molar-refractivity contribution in [1.29, 1.82) is 0 Å². The Morgan fingerprint density at radius 2 is 1.60 bits per heavy atom. The Hall–Kier alpha value is -4.82. The van der Waals surface area contributed by atoms with Crippen molar-refractivity contribution in [3.63, 3.8) is 0 Å². The van der Waals surface area contributed by atoms with Crippen molar-refractivity contribution in [2.45, 2.75) is 51.9 Å². The number of nitrogens with zero attached hydrogens (tertiary/aromatic N) is 3. The number of fused-ring (bicyclic) bond motifs is 1. The quantitative estimate of drug-likeness (QED) is 0.167. The zero-order valence-electron chi connectivity index (χ0n) is 26.3. The van der Waals surface area contributed by atoms with Gasteiger partial charge < -0.3 is 10.6 Å². The van der Waals surface area contributed by atoms with E-state index in [0.29, 0.717) is 17.2 Å². The van der Waals surface area contributed by atoms with Crippen molar-refractivity contribution in [3.8, 4) is 5.69 Å². The van der Waals surface area contributed by atoms with Gasteiger partial charge in [-0.25, -0.2) is 14.5 Å². The molecule has 230 valence electrons. The van der Waals surface area contributed by atoms with Crippen molar-refractivity contribution in [3.05, 3.63) is 114 Å². The van der Waals surface area contributed by atoms with Crippen molar-refractivity contribution >= 4 is 34.2 Å². The van der Waals surface area contributed by atoms with E-state index in [0.717, 1.165) is 59.3 Å². The Morgan fingerprint density at radius 3 is 2.36 bits per heavy atom. The van der Waals surface area contributed by atoms with Crippen LogP contribution in [0, 0.1) is 12.8 Å². The maximum atomic E-state index is 14.3. The third-order valence-corrected chi connectivity index (χ3v) is 8.53. The number of ketones is 1. The second kappa shape index (κ2) is 12.7. The van der Waals surface area contributed by atoms with E-state index in [4.69, 9.17) is 10.1 Å². The summed E-state index contributed by atoms with van der Waals surface area (Å²) < 4.78 is 1.76. The number of hydrogen-bond acceptors (Lipinski definition) is 5. The number of carbonyl (C=O) groups excluding carboxylic acids is 2. The molecule has 0 saturated carbocycles. The van der Waals surface area contributed by atoms with E-state index < -0.39 is 11.9 Å². The molecule has 0 radical (unpaired) electrons. The van der Waals surface area contributed by atoms with Gasteiger partial charge >= 0.3 is 6.03 Å². The molecule has 8 nitrogen and oxygen atoms in total. The number of rotatable bonds is 7. The minimum Gasteiger partial charge on any atom is -0.317 e. The van der Waals surface area contributed by atoms with Gasteiger partial charge in [0.1, 0.15) is 11.5 Å². The summed E-state index contributed by atoms with van der Waals surface area (Å²) in [5, 5.41) is 15.4. The summed E-state index contributed by atoms with van der Waals surface area (Å²) in [5.41, 5.74) is 5.26. The van der Waals surface area contributed by atoms with Crippen molar-refractivity contribution < 1.29 is 9.59 Å². The van der Waals surface area contributed by atoms with Gasteiger partial charge in [0.25, 0.3) is 0 Å². The van der Waals surface area contributed by atoms with Crippen LogP contribution in [-0.2, 0) is 5.41 Å². The molecule has 1 aliphatic heterocycles. The number of nitrogens with one attached hydrogen (secondary N) is 3. The lowest BCUT2D eigenvalue weighted by molar-refractivity contribution is 0.0911. The molecular formula is C37H40N6O2. The molecule has 1 atom stereocenters. The largest absolute Gasteiger partial charge is 0.324 e. The topological polar surface area (TPSA) is 101 Å². The molecule has 1 aliphatic rings. The number of aromatic nitrogens is 3. The summed E-state index contributed by atoms with van der Waals surface area (Å²) in [6.07, 6.45) is 1.71. The molecule has 45 heavy (non-hydrogen) atoms. The van der Waals surface area contributed by atoms with Gasteiger partial charge in [-0.2, -0.15) is 5.10 Å². The van der Waals surface area contributed by atoms with Gasteiger partial charge in [-0.15, -0.1) is 0 Å². The lowest BCUT2D eigenvalue weighted by Crippen LogP contribution is -2.34. The fraction of sp³-hybridized carbons (Fsp3) is 0.297. The van der Waals surface area contributed by atoms with Crippen LogP contribution in [0.5, 0.6) is 0 Å². The van der Waals surface area contributed by atoms with Gasteiger partial charge in [-0.3, -0.25) is 10.1 Å². The van der Waals surface area contributed by atoms with Crippen LogP contribution in [0.2, 0.25) is 0 Å². The van der Waals surface area contributed by atoms with Crippen molar-refractivity contribution in [1.82, 2.24) is 20.1 Å². The monoisotopic (exact) mass is 600 g/mol. The SMILES string of the molecule is Cc1ccc(-n2nc(C(C)(C)C)cc2NC(=O)Nc2ccccc2C(C(=O)c2ccc3ccccc3n2)C2CCNCC2)cc1. The fourth-order valence-electron chi connectivity index (χ4n) is 6.02. The van der Waals surface area contributed by atoms with Crippen LogP contribution in [0.4, 0.5) is 16.3 Å². The molecule has 6 rings (SSSR count). The Kier molecular flexibility index (Phi) is 8.50. The van der Waals surface area contributed by atoms with E-state index in [9.17, 15) is 9.59 Å². The third kappa shape index (κ3) is 6.66. The molecule has 0 spiro atoms. The van der Waals surface area contributed by atoms with E-state index in [1.54, 1.807) is 4.68 Å². The highest BCUT2D eigenvalue weighted by molar-refractivity contribution is 6.04. The number of anilines is 2. The van der Waals surface area contributed by atoms with Crippen LogP contribution < -0.4 is 16.0 Å². The minimum atomic E-state index is -0.456. The first-order chi connectivity index (χ1) is 21.7. The molecular weight excluding hydrogens is 560 g/mol. The number of benzene rings is 3. The van der Waals surface area contributed by atoms with Crippen LogP contribution in [0.25, 0.3) is 16.6 Å². The molecule has 3 aromatic carbocycles. The average molecular weight is 601 g/mol. The first-order valence-corrected chi connectivity index (χ1v) is 15.6. The number of aryl methyl sites for hydroxylation is 1. The van der Waals surface area contributed by atoms with E-state index in [2.05, 4.69) is 36.7 Å². The zero-order valence-corrected chi connectivity index (χ0v) is 26.3. The predicted octanol–water partition coefficient (Wildman–Crippen LogP) is 7.64. The molecule has 3 heterocycles. The van der Waals surface area contributed by atoms with Gasteiger partial charge in [0.05, 0.1) is 22.8 Å². The van der Waals surface area contributed by atoms with E-state index in [1.807, 2.05) is 97.9 Å². The maximum Gasteiger partial charge on any atom is 0.324 e. The van der Waals surface area contributed by atoms with Gasteiger partial charge in [0, 0.05) is 22.6 Å². The van der Waals surface area contributed by atoms with Crippen LogP contribution in [0.1, 0.15) is 66.8 Å². The second-order valence-electron chi connectivity index (χ2n) is 12.9. The standard InChI is InChI=1S/C37H40N6O2/c1-24-13-16-27(17-14-24)43-33(23-32(42-43)37(2,3)4)41-36(45)40-30-12-8-6-10-28(30)34(26-19-21-38-22-20-26)35(44)31-18-15-25-9-5-7-11-29(25)39-31/h5-18,23,26,34,38H,19-22H2,1-4H3,(H2,40,41,45). The molecule has 1 saturated heterocycles. The molecule has 0 bridgehead atoms. The number of urea groups is 1. The minimum absolute atomic E-state index is 0.0328. The fourth-order valence-corrected chi connectivity index (χ4v) is 6.02. The molecule has 2 amide bonds. The highest BCUT2D eigenvalue weighted by atomic mass is 16.2. The summed E-state index contributed by atoms with van der Waals surface area (Å²) in [5.74, 6) is 0.179. The van der Waals surface area contributed by atoms with E-state index >= 15 is 0 Å². The summed E-state index contributed by atoms with van der Waals surface area (Å²) in [7, 11) is 0. The van der Waals surface area contributed by atoms with E-state index in [1.165, 1.54) is 0 Å². The lowest BCUT2D eigenvalue weighted by Gasteiger charge is -2.31. The van der Waals surface area contributed by atoms with Gasteiger partial charge in [-0.1, -0.05) is 80.9 Å². The highest BCUT2D eigenvalue weighted by Crippen LogP contribution is 2.38. The summed E-state index contributed by atoms with van der Waals surface area (Å²) in [6, 6.07) is 28.8. The van der Waals surface area contributed by atoms with Gasteiger partial charge in [0.2, 0.25) is 0 Å². The summed E-state index contributed by atoms with van der Waals surface area (Å²) >= 11 is 0. The summed E-state index contributed by atoms with van der Waals surface area (Å²) in [4.78, 5) is 32.7. The van der Waals surface area contributed by atoms with E-state index in [-0.39, 0.29) is 17.1 Å². The molecule has 1 unspecified atom stereocenters. The number of amides is 2. The number of para-hydroxylation sites is 2. The van der Waals surface area contributed by atoms with Gasteiger partial charge in [0.15, 0.2) is 5.78 Å². The molecule has 2 aromatic heterocycles. The Bertz CT molecular complexity index is 1830. The second-order valence-corrected chi connectivity index (χ2v) is 12.9. The highest BCUT2D eigenvalue weighted by Gasteiger charge is 2.34. The first kappa shape index (κ1) is 30.2. The molecule has 0 aliphatic carbocycles. The third-order valence-electron chi connectivity index (χ3n) is 8.53. The van der Waals surface area contributed by atoms with Crippen molar-refractivity contribution in [2.75, 3.05) is 23.7 Å².